The normalized spacial score (nSPS) is 14.4. The Hall–Kier alpha value is -1.23. The number of fused-ring (bicyclic) bond motifs is 1. The maximum absolute atomic E-state index is 4.47. The number of guanidine groups is 1. The third kappa shape index (κ3) is 5.63. The first-order chi connectivity index (χ1) is 11.8. The van der Waals surface area contributed by atoms with Crippen LogP contribution in [0.15, 0.2) is 10.4 Å². The molecule has 2 aromatic heterocycles. The first-order valence-electron chi connectivity index (χ1n) is 8.52. The molecule has 0 amide bonds. The Morgan fingerprint density at radius 3 is 2.92 bits per heavy atom. The summed E-state index contributed by atoms with van der Waals surface area (Å²) in [6.45, 7) is 4.50. The molecule has 0 spiro atoms. The van der Waals surface area contributed by atoms with Gasteiger partial charge in [0, 0.05) is 38.4 Å². The Bertz CT molecular complexity index is 694. The van der Waals surface area contributed by atoms with Gasteiger partial charge in [-0.2, -0.15) is 0 Å². The van der Waals surface area contributed by atoms with Crippen LogP contribution in [0.2, 0.25) is 0 Å². The van der Waals surface area contributed by atoms with E-state index < -0.39 is 0 Å². The van der Waals surface area contributed by atoms with E-state index in [1.165, 1.54) is 19.3 Å². The van der Waals surface area contributed by atoms with Gasteiger partial charge in [0.1, 0.15) is 5.82 Å². The van der Waals surface area contributed by atoms with Crippen LogP contribution in [0.3, 0.4) is 0 Å². The molecule has 2 N–H and O–H groups in total. The molecular weight excluding hydrogens is 449 g/mol. The molecule has 3 rings (SSSR count). The maximum atomic E-state index is 4.47. The summed E-state index contributed by atoms with van der Waals surface area (Å²) in [5.41, 5.74) is 1.13. The number of hydrogen-bond donors (Lipinski definition) is 2. The van der Waals surface area contributed by atoms with Crippen LogP contribution in [0.5, 0.6) is 0 Å². The molecule has 0 bridgehead atoms. The molecule has 0 fully saturated rings. The van der Waals surface area contributed by atoms with Crippen LogP contribution in [0, 0.1) is 6.92 Å². The lowest BCUT2D eigenvalue weighted by Gasteiger charge is -2.12. The van der Waals surface area contributed by atoms with Crippen LogP contribution in [-0.4, -0.2) is 39.3 Å². The first kappa shape index (κ1) is 20.1. The van der Waals surface area contributed by atoms with Gasteiger partial charge in [0.05, 0.1) is 17.2 Å². The van der Waals surface area contributed by atoms with Crippen molar-refractivity contribution in [3.8, 4) is 0 Å². The minimum absolute atomic E-state index is 0. The molecule has 0 aliphatic carbocycles. The number of halogens is 1. The van der Waals surface area contributed by atoms with Crippen molar-refractivity contribution >= 4 is 41.3 Å². The molecule has 0 atom stereocenters. The highest BCUT2D eigenvalue weighted by molar-refractivity contribution is 14.0. The van der Waals surface area contributed by atoms with Crippen molar-refractivity contribution in [2.24, 2.45) is 4.99 Å². The fourth-order valence-corrected chi connectivity index (χ4v) is 3.54. The Morgan fingerprint density at radius 1 is 1.28 bits per heavy atom. The van der Waals surface area contributed by atoms with Gasteiger partial charge >= 0.3 is 0 Å². The summed E-state index contributed by atoms with van der Waals surface area (Å²) in [5.74, 6) is 2.89. The van der Waals surface area contributed by atoms with E-state index >= 15 is 0 Å². The fourth-order valence-electron chi connectivity index (χ4n) is 2.89. The SMILES string of the molecule is CN=C(NCCc1csc(C)n1)NCc1nnc2n1CCCCC2.I. The number of aliphatic imine (C=N–C) groups is 1. The predicted molar refractivity (Wildman–Crippen MR) is 112 cm³/mol. The summed E-state index contributed by atoms with van der Waals surface area (Å²) in [4.78, 5) is 8.75. The molecule has 0 radical (unpaired) electrons. The molecule has 25 heavy (non-hydrogen) atoms. The van der Waals surface area contributed by atoms with Gasteiger partial charge < -0.3 is 15.2 Å². The molecule has 0 unspecified atom stereocenters. The van der Waals surface area contributed by atoms with Crippen LogP contribution in [0.25, 0.3) is 0 Å². The summed E-state index contributed by atoms with van der Waals surface area (Å²) >= 11 is 1.69. The second-order valence-corrected chi connectivity index (χ2v) is 7.02. The van der Waals surface area contributed by atoms with Gasteiger partial charge in [0.2, 0.25) is 0 Å². The van der Waals surface area contributed by atoms with E-state index in [1.807, 2.05) is 6.92 Å². The number of nitrogens with zero attached hydrogens (tertiary/aromatic N) is 5. The van der Waals surface area contributed by atoms with Crippen LogP contribution in [0.1, 0.15) is 41.6 Å². The van der Waals surface area contributed by atoms with Gasteiger partial charge in [-0.3, -0.25) is 4.99 Å². The third-order valence-corrected chi connectivity index (χ3v) is 4.99. The summed E-state index contributed by atoms with van der Waals surface area (Å²) in [7, 11) is 1.78. The quantitative estimate of drug-likeness (QED) is 0.394. The third-order valence-electron chi connectivity index (χ3n) is 4.16. The lowest BCUT2D eigenvalue weighted by atomic mass is 10.2. The standard InChI is InChI=1S/C16H25N7S.HI/c1-12-20-13(11-24-12)7-8-18-16(17-2)19-10-15-22-21-14-6-4-3-5-9-23(14)15;/h11H,3-10H2,1-2H3,(H2,17,18,19);1H. The van der Waals surface area contributed by atoms with Gasteiger partial charge in [-0.15, -0.1) is 45.5 Å². The zero-order valence-corrected chi connectivity index (χ0v) is 17.9. The van der Waals surface area contributed by atoms with E-state index in [-0.39, 0.29) is 24.0 Å². The maximum Gasteiger partial charge on any atom is 0.191 e. The smallest absolute Gasteiger partial charge is 0.191 e. The van der Waals surface area contributed by atoms with E-state index in [1.54, 1.807) is 18.4 Å². The largest absolute Gasteiger partial charge is 0.356 e. The fraction of sp³-hybridized carbons (Fsp3) is 0.625. The average Bonchev–Trinajstić information content (AvgIpc) is 3.09. The molecular formula is C16H26IN7S. The highest BCUT2D eigenvalue weighted by Crippen LogP contribution is 2.14. The topological polar surface area (TPSA) is 80.0 Å². The summed E-state index contributed by atoms with van der Waals surface area (Å²) in [6, 6.07) is 0. The molecule has 0 aromatic carbocycles. The summed E-state index contributed by atoms with van der Waals surface area (Å²) in [6.07, 6.45) is 5.62. The number of rotatable bonds is 5. The Balaban J connectivity index is 0.00000225. The van der Waals surface area contributed by atoms with Crippen molar-refractivity contribution in [2.75, 3.05) is 13.6 Å². The minimum atomic E-state index is 0. The van der Waals surface area contributed by atoms with Crippen molar-refractivity contribution in [3.05, 3.63) is 27.7 Å². The van der Waals surface area contributed by atoms with Crippen LogP contribution < -0.4 is 10.6 Å². The lowest BCUT2D eigenvalue weighted by molar-refractivity contribution is 0.596. The van der Waals surface area contributed by atoms with E-state index in [4.69, 9.17) is 0 Å². The van der Waals surface area contributed by atoms with Crippen molar-refractivity contribution in [1.82, 2.24) is 30.4 Å². The van der Waals surface area contributed by atoms with Crippen LogP contribution >= 0.6 is 35.3 Å². The van der Waals surface area contributed by atoms with Gasteiger partial charge in [-0.1, -0.05) is 6.42 Å². The van der Waals surface area contributed by atoms with Crippen LogP contribution in [0.4, 0.5) is 0 Å². The minimum Gasteiger partial charge on any atom is -0.356 e. The van der Waals surface area contributed by atoms with Crippen LogP contribution in [-0.2, 0) is 25.9 Å². The van der Waals surface area contributed by atoms with Gasteiger partial charge in [-0.25, -0.2) is 4.98 Å². The van der Waals surface area contributed by atoms with Crippen molar-refractivity contribution in [1.29, 1.82) is 0 Å². The molecule has 0 saturated heterocycles. The molecule has 138 valence electrons. The molecule has 7 nitrogen and oxygen atoms in total. The van der Waals surface area contributed by atoms with E-state index in [9.17, 15) is 0 Å². The van der Waals surface area contributed by atoms with Gasteiger partial charge in [0.25, 0.3) is 0 Å². The second kappa shape index (κ2) is 10.0. The highest BCUT2D eigenvalue weighted by Gasteiger charge is 2.14. The first-order valence-corrected chi connectivity index (χ1v) is 9.40. The molecule has 3 heterocycles. The molecule has 9 heteroatoms. The molecule has 1 aliphatic heterocycles. The van der Waals surface area contributed by atoms with Gasteiger partial charge in [-0.05, 0) is 19.8 Å². The number of nitrogens with one attached hydrogen (secondary N) is 2. The lowest BCUT2D eigenvalue weighted by Crippen LogP contribution is -2.38. The van der Waals surface area contributed by atoms with E-state index in [0.29, 0.717) is 6.54 Å². The number of aryl methyl sites for hydroxylation is 2. The number of thiazole rings is 1. The number of hydrogen-bond acceptors (Lipinski definition) is 5. The monoisotopic (exact) mass is 475 g/mol. The van der Waals surface area contributed by atoms with Crippen molar-refractivity contribution in [2.45, 2.75) is 52.1 Å². The zero-order chi connectivity index (χ0) is 16.8. The Labute approximate surface area is 169 Å². The van der Waals surface area contributed by atoms with Crippen molar-refractivity contribution in [3.63, 3.8) is 0 Å². The average molecular weight is 475 g/mol. The highest BCUT2D eigenvalue weighted by atomic mass is 127. The van der Waals surface area contributed by atoms with Gasteiger partial charge in [0.15, 0.2) is 11.8 Å². The predicted octanol–water partition coefficient (Wildman–Crippen LogP) is 2.30. The Kier molecular flexibility index (Phi) is 8.07. The molecule has 1 aliphatic rings. The summed E-state index contributed by atoms with van der Waals surface area (Å²) < 4.78 is 2.26. The van der Waals surface area contributed by atoms with Crippen molar-refractivity contribution < 1.29 is 0 Å². The molecule has 0 saturated carbocycles. The van der Waals surface area contributed by atoms with E-state index in [0.717, 1.165) is 54.2 Å². The zero-order valence-electron chi connectivity index (χ0n) is 14.8. The Morgan fingerprint density at radius 2 is 2.16 bits per heavy atom. The van der Waals surface area contributed by atoms with E-state index in [2.05, 4.69) is 40.8 Å². The number of aromatic nitrogens is 4. The summed E-state index contributed by atoms with van der Waals surface area (Å²) in [5, 5.41) is 18.5. The second-order valence-electron chi connectivity index (χ2n) is 5.96. The molecule has 2 aromatic rings.